The number of hydrogen-bond acceptors (Lipinski definition) is 4. The highest BCUT2D eigenvalue weighted by Crippen LogP contribution is 2.31. The largest absolute Gasteiger partial charge is 0.419 e. The van der Waals surface area contributed by atoms with Crippen molar-refractivity contribution >= 4 is 11.7 Å². The van der Waals surface area contributed by atoms with Crippen molar-refractivity contribution in [3.05, 3.63) is 52.7 Å². The molecule has 2 aromatic rings. The average molecular weight is 384 g/mol. The fourth-order valence-corrected chi connectivity index (χ4v) is 2.31. The van der Waals surface area contributed by atoms with Gasteiger partial charge in [0.25, 0.3) is 5.91 Å². The number of carbonyl (C=O) groups is 1. The number of rotatable bonds is 7. The number of alkyl halides is 3. The predicted octanol–water partition coefficient (Wildman–Crippen LogP) is 3.74. The Hall–Kier alpha value is -2.71. The van der Waals surface area contributed by atoms with Crippen LogP contribution in [-0.4, -0.2) is 29.0 Å². The molecule has 2 rings (SSSR count). The summed E-state index contributed by atoms with van der Waals surface area (Å²) in [7, 11) is 0. The minimum absolute atomic E-state index is 0.160. The van der Waals surface area contributed by atoms with Crippen molar-refractivity contribution in [2.45, 2.75) is 32.9 Å². The van der Waals surface area contributed by atoms with Crippen LogP contribution in [0.1, 0.15) is 40.7 Å². The number of aryl methyl sites for hydroxylation is 2. The van der Waals surface area contributed by atoms with E-state index < -0.39 is 23.5 Å². The molecule has 9 heteroatoms. The molecule has 1 amide bonds. The second-order valence-electron chi connectivity index (χ2n) is 5.90. The standard InChI is InChI=1S/C18H20F4N4O/c1-3-15-25-10-11(2)16(26-15)23-7-4-8-24-17(27)12-5-6-13(14(19)9-12)18(20,21)22/h5-6,9-10H,3-4,7-8H2,1-2H3,(H,24,27)(H,23,25,26). The maximum absolute atomic E-state index is 13.5. The van der Waals surface area contributed by atoms with E-state index in [0.717, 1.165) is 23.3 Å². The molecule has 0 aliphatic rings. The number of hydrogen-bond donors (Lipinski definition) is 2. The van der Waals surface area contributed by atoms with Gasteiger partial charge in [0, 0.05) is 36.8 Å². The smallest absolute Gasteiger partial charge is 0.370 e. The Morgan fingerprint density at radius 2 is 1.96 bits per heavy atom. The third-order valence-corrected chi connectivity index (χ3v) is 3.81. The van der Waals surface area contributed by atoms with Gasteiger partial charge in [-0.2, -0.15) is 13.2 Å². The van der Waals surface area contributed by atoms with Crippen LogP contribution in [0.5, 0.6) is 0 Å². The van der Waals surface area contributed by atoms with E-state index in [1.54, 1.807) is 6.20 Å². The first kappa shape index (κ1) is 20.6. The van der Waals surface area contributed by atoms with E-state index in [1.807, 2.05) is 13.8 Å². The number of halogens is 4. The van der Waals surface area contributed by atoms with Crippen molar-refractivity contribution in [1.29, 1.82) is 0 Å². The Bertz CT molecular complexity index is 808. The lowest BCUT2D eigenvalue weighted by atomic mass is 10.1. The van der Waals surface area contributed by atoms with Gasteiger partial charge in [-0.05, 0) is 31.5 Å². The zero-order valence-corrected chi connectivity index (χ0v) is 15.0. The first-order chi connectivity index (χ1) is 12.7. The number of amides is 1. The van der Waals surface area contributed by atoms with E-state index in [-0.39, 0.29) is 12.1 Å². The summed E-state index contributed by atoms with van der Waals surface area (Å²) in [5.74, 6) is -0.657. The molecular weight excluding hydrogens is 364 g/mol. The number of aromatic nitrogens is 2. The molecule has 0 aliphatic heterocycles. The molecule has 27 heavy (non-hydrogen) atoms. The van der Waals surface area contributed by atoms with Gasteiger partial charge in [-0.1, -0.05) is 6.92 Å². The molecule has 1 aromatic heterocycles. The Kier molecular flexibility index (Phi) is 6.70. The predicted molar refractivity (Wildman–Crippen MR) is 93.0 cm³/mol. The highest BCUT2D eigenvalue weighted by atomic mass is 19.4. The van der Waals surface area contributed by atoms with Crippen LogP contribution in [0.25, 0.3) is 0 Å². The SMILES string of the molecule is CCc1ncc(C)c(NCCCNC(=O)c2ccc(C(F)(F)F)c(F)c2)n1. The molecule has 1 aromatic carbocycles. The Labute approximate surface area is 154 Å². The first-order valence-corrected chi connectivity index (χ1v) is 8.43. The normalized spacial score (nSPS) is 11.3. The van der Waals surface area contributed by atoms with Gasteiger partial charge in [-0.25, -0.2) is 14.4 Å². The summed E-state index contributed by atoms with van der Waals surface area (Å²) in [6.45, 7) is 4.64. The van der Waals surface area contributed by atoms with Crippen molar-refractivity contribution in [3.8, 4) is 0 Å². The van der Waals surface area contributed by atoms with E-state index in [1.165, 1.54) is 0 Å². The molecule has 0 aliphatic carbocycles. The van der Waals surface area contributed by atoms with Gasteiger partial charge in [-0.15, -0.1) is 0 Å². The van der Waals surface area contributed by atoms with Crippen LogP contribution in [0.4, 0.5) is 23.4 Å². The Morgan fingerprint density at radius 3 is 2.59 bits per heavy atom. The van der Waals surface area contributed by atoms with Crippen LogP contribution < -0.4 is 10.6 Å². The summed E-state index contributed by atoms with van der Waals surface area (Å²) in [5, 5.41) is 5.70. The van der Waals surface area contributed by atoms with Crippen LogP contribution in [0.2, 0.25) is 0 Å². The maximum atomic E-state index is 13.5. The molecule has 0 saturated carbocycles. The van der Waals surface area contributed by atoms with Gasteiger partial charge >= 0.3 is 6.18 Å². The zero-order valence-electron chi connectivity index (χ0n) is 15.0. The number of nitrogens with one attached hydrogen (secondary N) is 2. The van der Waals surface area contributed by atoms with Gasteiger partial charge < -0.3 is 10.6 Å². The molecule has 0 unspecified atom stereocenters. The van der Waals surface area contributed by atoms with Gasteiger partial charge in [-0.3, -0.25) is 4.79 Å². The van der Waals surface area contributed by atoms with Crippen molar-refractivity contribution in [3.63, 3.8) is 0 Å². The van der Waals surface area contributed by atoms with Gasteiger partial charge in [0.2, 0.25) is 0 Å². The van der Waals surface area contributed by atoms with Gasteiger partial charge in [0.05, 0.1) is 5.56 Å². The molecule has 0 atom stereocenters. The second kappa shape index (κ2) is 8.79. The summed E-state index contributed by atoms with van der Waals surface area (Å²) < 4.78 is 51.1. The molecule has 0 saturated heterocycles. The molecule has 146 valence electrons. The van der Waals surface area contributed by atoms with Crippen LogP contribution >= 0.6 is 0 Å². The Balaban J connectivity index is 1.82. The van der Waals surface area contributed by atoms with E-state index >= 15 is 0 Å². The van der Waals surface area contributed by atoms with E-state index in [2.05, 4.69) is 20.6 Å². The van der Waals surface area contributed by atoms with E-state index in [0.29, 0.717) is 31.5 Å². The topological polar surface area (TPSA) is 66.9 Å². The Morgan fingerprint density at radius 1 is 1.22 bits per heavy atom. The summed E-state index contributed by atoms with van der Waals surface area (Å²) in [4.78, 5) is 20.5. The van der Waals surface area contributed by atoms with E-state index in [4.69, 9.17) is 0 Å². The molecular formula is C18H20F4N4O. The highest BCUT2D eigenvalue weighted by molar-refractivity contribution is 5.94. The van der Waals surface area contributed by atoms with Crippen LogP contribution in [0, 0.1) is 12.7 Å². The molecule has 0 radical (unpaired) electrons. The van der Waals surface area contributed by atoms with Crippen molar-refractivity contribution in [2.24, 2.45) is 0 Å². The third-order valence-electron chi connectivity index (χ3n) is 3.81. The molecule has 2 N–H and O–H groups in total. The average Bonchev–Trinajstić information content (AvgIpc) is 2.61. The third kappa shape index (κ3) is 5.63. The summed E-state index contributed by atoms with van der Waals surface area (Å²) in [5.41, 5.74) is -0.654. The molecule has 0 spiro atoms. The van der Waals surface area contributed by atoms with Crippen LogP contribution in [0.3, 0.4) is 0 Å². The molecule has 0 bridgehead atoms. The lowest BCUT2D eigenvalue weighted by molar-refractivity contribution is -0.140. The number of carbonyl (C=O) groups excluding carboxylic acids is 1. The monoisotopic (exact) mass is 384 g/mol. The number of anilines is 1. The quantitative estimate of drug-likeness (QED) is 0.564. The van der Waals surface area contributed by atoms with Crippen molar-refractivity contribution in [1.82, 2.24) is 15.3 Å². The molecule has 1 heterocycles. The zero-order chi connectivity index (χ0) is 20.0. The molecule has 0 fully saturated rings. The summed E-state index contributed by atoms with van der Waals surface area (Å²) in [6, 6.07) is 2.11. The van der Waals surface area contributed by atoms with Crippen molar-refractivity contribution in [2.75, 3.05) is 18.4 Å². The van der Waals surface area contributed by atoms with E-state index in [9.17, 15) is 22.4 Å². The fraction of sp³-hybridized carbons (Fsp3) is 0.389. The second-order valence-corrected chi connectivity index (χ2v) is 5.90. The van der Waals surface area contributed by atoms with Crippen LogP contribution in [-0.2, 0) is 12.6 Å². The highest BCUT2D eigenvalue weighted by Gasteiger charge is 2.34. The maximum Gasteiger partial charge on any atom is 0.419 e. The first-order valence-electron chi connectivity index (χ1n) is 8.43. The molecule has 5 nitrogen and oxygen atoms in total. The minimum atomic E-state index is -4.79. The van der Waals surface area contributed by atoms with Crippen molar-refractivity contribution < 1.29 is 22.4 Å². The lowest BCUT2D eigenvalue weighted by Crippen LogP contribution is -2.26. The van der Waals surface area contributed by atoms with Gasteiger partial charge in [0.1, 0.15) is 17.5 Å². The summed E-state index contributed by atoms with van der Waals surface area (Å²) >= 11 is 0. The van der Waals surface area contributed by atoms with Gasteiger partial charge in [0.15, 0.2) is 0 Å². The summed E-state index contributed by atoms with van der Waals surface area (Å²) in [6.07, 6.45) is -1.79. The number of benzene rings is 1. The lowest BCUT2D eigenvalue weighted by Gasteiger charge is -2.11. The number of nitrogens with zero attached hydrogens (tertiary/aromatic N) is 2. The van der Waals surface area contributed by atoms with Crippen LogP contribution in [0.15, 0.2) is 24.4 Å². The minimum Gasteiger partial charge on any atom is -0.370 e. The fourth-order valence-electron chi connectivity index (χ4n) is 2.31.